The van der Waals surface area contributed by atoms with Gasteiger partial charge in [0.15, 0.2) is 5.82 Å². The Kier molecular flexibility index (Phi) is 2.83. The third-order valence-corrected chi connectivity index (χ3v) is 2.79. The van der Waals surface area contributed by atoms with Crippen LogP contribution in [0, 0.1) is 6.92 Å². The molecular weight excluding hydrogens is 258 g/mol. The van der Waals surface area contributed by atoms with E-state index in [2.05, 4.69) is 26.1 Å². The van der Waals surface area contributed by atoms with Gasteiger partial charge in [-0.05, 0) is 40.5 Å². The van der Waals surface area contributed by atoms with Gasteiger partial charge >= 0.3 is 0 Å². The van der Waals surface area contributed by atoms with Gasteiger partial charge in [-0.1, -0.05) is 6.07 Å². The van der Waals surface area contributed by atoms with E-state index in [1.54, 1.807) is 10.9 Å². The van der Waals surface area contributed by atoms with E-state index in [4.69, 9.17) is 5.11 Å². The molecule has 0 saturated carbocycles. The minimum atomic E-state index is -0.125. The number of halogens is 1. The van der Waals surface area contributed by atoms with Gasteiger partial charge in [-0.15, -0.1) is 10.2 Å². The average Bonchev–Trinajstić information content (AvgIpc) is 2.69. The quantitative estimate of drug-likeness (QED) is 0.904. The molecule has 15 heavy (non-hydrogen) atoms. The summed E-state index contributed by atoms with van der Waals surface area (Å²) in [5.74, 6) is 0.529. The number of benzene rings is 1. The summed E-state index contributed by atoms with van der Waals surface area (Å²) in [7, 11) is 0. The molecule has 0 spiro atoms. The van der Waals surface area contributed by atoms with Gasteiger partial charge in [-0.25, -0.2) is 0 Å². The topological polar surface area (TPSA) is 50.9 Å². The number of hydrogen-bond acceptors (Lipinski definition) is 3. The zero-order chi connectivity index (χ0) is 10.8. The van der Waals surface area contributed by atoms with E-state index in [9.17, 15) is 0 Å². The highest BCUT2D eigenvalue weighted by molar-refractivity contribution is 9.10. The molecule has 0 bridgehead atoms. The lowest BCUT2D eigenvalue weighted by atomic mass is 10.2. The first-order chi connectivity index (χ1) is 7.22. The molecule has 0 atom stereocenters. The summed E-state index contributed by atoms with van der Waals surface area (Å²) in [6.07, 6.45) is 1.59. The van der Waals surface area contributed by atoms with Crippen LogP contribution in [0.2, 0.25) is 0 Å². The summed E-state index contributed by atoms with van der Waals surface area (Å²) in [6, 6.07) is 5.98. The molecule has 78 valence electrons. The first-order valence-corrected chi connectivity index (χ1v) is 5.28. The smallest absolute Gasteiger partial charge is 0.163 e. The van der Waals surface area contributed by atoms with Crippen LogP contribution in [0.25, 0.3) is 5.69 Å². The lowest BCUT2D eigenvalue weighted by molar-refractivity contribution is 0.269. The molecule has 2 rings (SSSR count). The van der Waals surface area contributed by atoms with Crippen molar-refractivity contribution in [2.45, 2.75) is 13.5 Å². The fourth-order valence-corrected chi connectivity index (χ4v) is 1.81. The van der Waals surface area contributed by atoms with Gasteiger partial charge in [-0.3, -0.25) is 4.57 Å². The number of aliphatic hydroxyl groups is 1. The second-order valence-corrected chi connectivity index (χ2v) is 4.08. The largest absolute Gasteiger partial charge is 0.388 e. The number of aromatic nitrogens is 3. The standard InChI is InChI=1S/C10H10BrN3O/c1-7-2-3-8(11)9(4-7)14-6-12-13-10(14)5-15/h2-4,6,15H,5H2,1H3. The molecule has 1 heterocycles. The lowest BCUT2D eigenvalue weighted by Gasteiger charge is -2.08. The molecule has 2 aromatic rings. The molecule has 1 aromatic carbocycles. The van der Waals surface area contributed by atoms with Gasteiger partial charge < -0.3 is 5.11 Å². The maximum atomic E-state index is 9.09. The molecule has 0 fully saturated rings. The highest BCUT2D eigenvalue weighted by Gasteiger charge is 2.08. The second-order valence-electron chi connectivity index (χ2n) is 3.23. The SMILES string of the molecule is Cc1ccc(Br)c(-n2cnnc2CO)c1. The van der Waals surface area contributed by atoms with Crippen LogP contribution in [0.4, 0.5) is 0 Å². The summed E-state index contributed by atoms with van der Waals surface area (Å²) >= 11 is 3.46. The van der Waals surface area contributed by atoms with Gasteiger partial charge in [0, 0.05) is 4.47 Å². The average molecular weight is 268 g/mol. The normalized spacial score (nSPS) is 10.6. The van der Waals surface area contributed by atoms with Gasteiger partial charge in [0.05, 0.1) is 5.69 Å². The number of nitrogens with zero attached hydrogens (tertiary/aromatic N) is 3. The molecule has 0 aliphatic rings. The predicted molar refractivity (Wildman–Crippen MR) is 59.7 cm³/mol. The molecule has 0 aliphatic carbocycles. The van der Waals surface area contributed by atoms with E-state index < -0.39 is 0 Å². The first-order valence-electron chi connectivity index (χ1n) is 4.48. The third kappa shape index (κ3) is 1.93. The minimum absolute atomic E-state index is 0.125. The van der Waals surface area contributed by atoms with Gasteiger partial charge in [0.25, 0.3) is 0 Å². The van der Waals surface area contributed by atoms with E-state index in [1.165, 1.54) is 0 Å². The molecule has 0 unspecified atom stereocenters. The number of aliphatic hydroxyl groups excluding tert-OH is 1. The van der Waals surface area contributed by atoms with Crippen molar-refractivity contribution in [3.05, 3.63) is 40.4 Å². The number of aryl methyl sites for hydroxylation is 1. The van der Waals surface area contributed by atoms with Crippen LogP contribution >= 0.6 is 15.9 Å². The third-order valence-electron chi connectivity index (χ3n) is 2.12. The summed E-state index contributed by atoms with van der Waals surface area (Å²) in [5.41, 5.74) is 2.08. The van der Waals surface area contributed by atoms with Gasteiger partial charge in [-0.2, -0.15) is 0 Å². The van der Waals surface area contributed by atoms with Crippen molar-refractivity contribution >= 4 is 15.9 Å². The second kappa shape index (κ2) is 4.12. The maximum Gasteiger partial charge on any atom is 0.163 e. The Morgan fingerprint density at radius 2 is 2.27 bits per heavy atom. The Hall–Kier alpha value is -1.20. The molecular formula is C10H10BrN3O. The highest BCUT2D eigenvalue weighted by atomic mass is 79.9. The molecule has 0 amide bonds. The van der Waals surface area contributed by atoms with Crippen molar-refractivity contribution in [1.29, 1.82) is 0 Å². The fraction of sp³-hybridized carbons (Fsp3) is 0.200. The zero-order valence-electron chi connectivity index (χ0n) is 8.18. The van der Waals surface area contributed by atoms with Crippen LogP contribution in [0.1, 0.15) is 11.4 Å². The van der Waals surface area contributed by atoms with E-state index in [1.807, 2.05) is 25.1 Å². The molecule has 0 saturated heterocycles. The van der Waals surface area contributed by atoms with Crippen molar-refractivity contribution < 1.29 is 5.11 Å². The van der Waals surface area contributed by atoms with E-state index in [0.717, 1.165) is 15.7 Å². The van der Waals surface area contributed by atoms with Crippen LogP contribution in [-0.4, -0.2) is 19.9 Å². The van der Waals surface area contributed by atoms with Crippen molar-refractivity contribution in [1.82, 2.24) is 14.8 Å². The minimum Gasteiger partial charge on any atom is -0.388 e. The maximum absolute atomic E-state index is 9.09. The molecule has 5 heteroatoms. The monoisotopic (exact) mass is 267 g/mol. The van der Waals surface area contributed by atoms with Crippen LogP contribution in [0.15, 0.2) is 29.0 Å². The Balaban J connectivity index is 2.58. The fourth-order valence-electron chi connectivity index (χ4n) is 1.38. The number of hydrogen-bond donors (Lipinski definition) is 1. The molecule has 1 aromatic heterocycles. The summed E-state index contributed by atoms with van der Waals surface area (Å²) < 4.78 is 2.71. The van der Waals surface area contributed by atoms with Crippen LogP contribution in [0.5, 0.6) is 0 Å². The van der Waals surface area contributed by atoms with Crippen LogP contribution in [-0.2, 0) is 6.61 Å². The molecule has 1 N–H and O–H groups in total. The highest BCUT2D eigenvalue weighted by Crippen LogP contribution is 2.22. The van der Waals surface area contributed by atoms with Crippen molar-refractivity contribution in [2.75, 3.05) is 0 Å². The van der Waals surface area contributed by atoms with Gasteiger partial charge in [0.1, 0.15) is 12.9 Å². The first kappa shape index (κ1) is 10.3. The Bertz CT molecular complexity index is 481. The summed E-state index contributed by atoms with van der Waals surface area (Å²) in [6.45, 7) is 1.89. The van der Waals surface area contributed by atoms with Crippen molar-refractivity contribution in [2.24, 2.45) is 0 Å². The Morgan fingerprint density at radius 3 is 3.00 bits per heavy atom. The predicted octanol–water partition coefficient (Wildman–Crippen LogP) is 1.83. The molecule has 0 radical (unpaired) electrons. The molecule has 0 aliphatic heterocycles. The lowest BCUT2D eigenvalue weighted by Crippen LogP contribution is -2.01. The van der Waals surface area contributed by atoms with Gasteiger partial charge in [0.2, 0.25) is 0 Å². The zero-order valence-corrected chi connectivity index (χ0v) is 9.77. The van der Waals surface area contributed by atoms with Crippen molar-refractivity contribution in [3.63, 3.8) is 0 Å². The summed E-state index contributed by atoms with van der Waals surface area (Å²) in [4.78, 5) is 0. The Morgan fingerprint density at radius 1 is 1.47 bits per heavy atom. The summed E-state index contributed by atoms with van der Waals surface area (Å²) in [5, 5.41) is 16.7. The molecule has 4 nitrogen and oxygen atoms in total. The van der Waals surface area contributed by atoms with E-state index in [-0.39, 0.29) is 6.61 Å². The Labute approximate surface area is 95.7 Å². The number of rotatable bonds is 2. The van der Waals surface area contributed by atoms with E-state index >= 15 is 0 Å². The van der Waals surface area contributed by atoms with Crippen LogP contribution in [0.3, 0.4) is 0 Å². The van der Waals surface area contributed by atoms with E-state index in [0.29, 0.717) is 5.82 Å². The van der Waals surface area contributed by atoms with Crippen molar-refractivity contribution in [3.8, 4) is 5.69 Å². The van der Waals surface area contributed by atoms with Crippen LogP contribution < -0.4 is 0 Å².